The summed E-state index contributed by atoms with van der Waals surface area (Å²) in [6.45, 7) is 0.530. The van der Waals surface area contributed by atoms with Crippen LogP contribution in [0, 0.1) is 11.8 Å². The second kappa shape index (κ2) is 4.94. The molecule has 2 aromatic heterocycles. The van der Waals surface area contributed by atoms with Gasteiger partial charge in [-0.3, -0.25) is 0 Å². The molecule has 0 amide bonds. The number of aromatic nitrogens is 3. The van der Waals surface area contributed by atoms with Gasteiger partial charge in [-0.05, 0) is 18.1 Å². The normalized spacial score (nSPS) is 9.41. The highest BCUT2D eigenvalue weighted by Crippen LogP contribution is 1.98. The number of pyridine rings is 1. The third kappa shape index (κ3) is 2.92. The minimum Gasteiger partial charge on any atom is -0.478 e. The Balaban J connectivity index is 2.04. The van der Waals surface area contributed by atoms with Crippen LogP contribution in [0.25, 0.3) is 0 Å². The monoisotopic (exact) mass is 227 g/mol. The molecule has 5 nitrogen and oxygen atoms in total. The van der Waals surface area contributed by atoms with E-state index in [1.54, 1.807) is 18.6 Å². The third-order valence-electron chi connectivity index (χ3n) is 2.05. The molecule has 0 aromatic carbocycles. The van der Waals surface area contributed by atoms with Crippen LogP contribution in [-0.4, -0.2) is 25.6 Å². The maximum atomic E-state index is 10.6. The van der Waals surface area contributed by atoms with Gasteiger partial charge in [-0.2, -0.15) is 0 Å². The molecule has 0 bridgehead atoms. The van der Waals surface area contributed by atoms with Gasteiger partial charge < -0.3 is 9.67 Å². The first kappa shape index (κ1) is 10.9. The summed E-state index contributed by atoms with van der Waals surface area (Å²) < 4.78 is 1.83. The van der Waals surface area contributed by atoms with Gasteiger partial charge in [-0.15, -0.1) is 0 Å². The molecule has 0 spiro atoms. The molecule has 1 N–H and O–H groups in total. The van der Waals surface area contributed by atoms with Gasteiger partial charge in [0.1, 0.15) is 5.69 Å². The molecule has 2 heterocycles. The summed E-state index contributed by atoms with van der Waals surface area (Å²) in [7, 11) is 0. The van der Waals surface area contributed by atoms with Crippen LogP contribution in [-0.2, 0) is 6.54 Å². The molecule has 0 unspecified atom stereocenters. The third-order valence-corrected chi connectivity index (χ3v) is 2.05. The van der Waals surface area contributed by atoms with E-state index in [1.807, 2.05) is 10.8 Å². The van der Waals surface area contributed by atoms with Gasteiger partial charge in [-0.1, -0.05) is 5.92 Å². The molecule has 84 valence electrons. The van der Waals surface area contributed by atoms with E-state index in [0.29, 0.717) is 12.2 Å². The fourth-order valence-corrected chi connectivity index (χ4v) is 1.20. The Labute approximate surface area is 97.8 Å². The Kier molecular flexibility index (Phi) is 3.17. The maximum Gasteiger partial charge on any atom is 0.337 e. The smallest absolute Gasteiger partial charge is 0.337 e. The molecule has 0 saturated heterocycles. The molecular weight excluding hydrogens is 218 g/mol. The van der Waals surface area contributed by atoms with Crippen molar-refractivity contribution < 1.29 is 9.90 Å². The Hall–Kier alpha value is -2.61. The van der Waals surface area contributed by atoms with E-state index >= 15 is 0 Å². The lowest BCUT2D eigenvalue weighted by Crippen LogP contribution is -1.97. The summed E-state index contributed by atoms with van der Waals surface area (Å²) in [4.78, 5) is 18.4. The number of hydrogen-bond donors (Lipinski definition) is 1. The predicted molar refractivity (Wildman–Crippen MR) is 60.3 cm³/mol. The van der Waals surface area contributed by atoms with Crippen molar-refractivity contribution >= 4 is 5.97 Å². The molecule has 0 atom stereocenters. The molecule has 0 aliphatic carbocycles. The SMILES string of the molecule is O=C(O)c1ccc(C#CCn2ccnc2)nc1. The minimum atomic E-state index is -0.990. The fraction of sp³-hybridized carbons (Fsp3) is 0.0833. The molecule has 0 radical (unpaired) electrons. The van der Waals surface area contributed by atoms with Crippen LogP contribution in [0.1, 0.15) is 16.1 Å². The molecule has 2 rings (SSSR count). The molecular formula is C12H9N3O2. The molecule has 5 heteroatoms. The van der Waals surface area contributed by atoms with E-state index in [9.17, 15) is 4.79 Å². The number of carboxylic acid groups (broad SMARTS) is 1. The van der Waals surface area contributed by atoms with Crippen molar-refractivity contribution in [3.63, 3.8) is 0 Å². The molecule has 0 aliphatic rings. The maximum absolute atomic E-state index is 10.6. The van der Waals surface area contributed by atoms with Gasteiger partial charge in [0.2, 0.25) is 0 Å². The second-order valence-corrected chi connectivity index (χ2v) is 3.27. The van der Waals surface area contributed by atoms with Crippen molar-refractivity contribution in [3.8, 4) is 11.8 Å². The fourth-order valence-electron chi connectivity index (χ4n) is 1.20. The number of rotatable bonds is 2. The number of aromatic carboxylic acids is 1. The highest BCUT2D eigenvalue weighted by atomic mass is 16.4. The van der Waals surface area contributed by atoms with Gasteiger partial charge in [-0.25, -0.2) is 14.8 Å². The molecule has 17 heavy (non-hydrogen) atoms. The Morgan fingerprint density at radius 3 is 2.94 bits per heavy atom. The largest absolute Gasteiger partial charge is 0.478 e. The van der Waals surface area contributed by atoms with E-state index in [2.05, 4.69) is 21.8 Å². The quantitative estimate of drug-likeness (QED) is 0.778. The van der Waals surface area contributed by atoms with Gasteiger partial charge in [0.05, 0.1) is 18.4 Å². The first-order valence-electron chi connectivity index (χ1n) is 4.89. The molecule has 0 aliphatic heterocycles. The lowest BCUT2D eigenvalue weighted by Gasteiger charge is -1.93. The summed E-state index contributed by atoms with van der Waals surface area (Å²) in [5, 5.41) is 8.69. The van der Waals surface area contributed by atoms with E-state index in [0.717, 1.165) is 0 Å². The zero-order chi connectivity index (χ0) is 12.1. The first-order valence-corrected chi connectivity index (χ1v) is 4.89. The van der Waals surface area contributed by atoms with Crippen LogP contribution in [0.2, 0.25) is 0 Å². The average Bonchev–Trinajstić information content (AvgIpc) is 2.83. The highest BCUT2D eigenvalue weighted by Gasteiger charge is 2.00. The van der Waals surface area contributed by atoms with Crippen molar-refractivity contribution in [1.29, 1.82) is 0 Å². The predicted octanol–water partition coefficient (Wildman–Crippen LogP) is 1.03. The van der Waals surface area contributed by atoms with Gasteiger partial charge in [0.25, 0.3) is 0 Å². The Morgan fingerprint density at radius 2 is 2.35 bits per heavy atom. The van der Waals surface area contributed by atoms with Crippen molar-refractivity contribution in [2.75, 3.05) is 0 Å². The first-order chi connectivity index (χ1) is 8.25. The van der Waals surface area contributed by atoms with Crippen molar-refractivity contribution in [2.24, 2.45) is 0 Å². The zero-order valence-electron chi connectivity index (χ0n) is 8.87. The Morgan fingerprint density at radius 1 is 1.47 bits per heavy atom. The lowest BCUT2D eigenvalue weighted by molar-refractivity contribution is 0.0696. The van der Waals surface area contributed by atoms with E-state index in [4.69, 9.17) is 5.11 Å². The number of carbonyl (C=O) groups is 1. The number of nitrogens with zero attached hydrogens (tertiary/aromatic N) is 3. The summed E-state index contributed by atoms with van der Waals surface area (Å²) in [6.07, 6.45) is 6.47. The molecule has 2 aromatic rings. The van der Waals surface area contributed by atoms with Crippen molar-refractivity contribution in [3.05, 3.63) is 48.3 Å². The van der Waals surface area contributed by atoms with E-state index < -0.39 is 5.97 Å². The van der Waals surface area contributed by atoms with E-state index in [-0.39, 0.29) is 5.56 Å². The molecule has 0 fully saturated rings. The van der Waals surface area contributed by atoms with Crippen LogP contribution >= 0.6 is 0 Å². The molecule has 0 saturated carbocycles. The number of imidazole rings is 1. The van der Waals surface area contributed by atoms with Gasteiger partial charge in [0.15, 0.2) is 0 Å². The second-order valence-electron chi connectivity index (χ2n) is 3.27. The Bertz CT molecular complexity index is 562. The van der Waals surface area contributed by atoms with Gasteiger partial charge in [0, 0.05) is 18.6 Å². The lowest BCUT2D eigenvalue weighted by atomic mass is 10.2. The number of hydrogen-bond acceptors (Lipinski definition) is 3. The van der Waals surface area contributed by atoms with Crippen LogP contribution < -0.4 is 0 Å². The zero-order valence-corrected chi connectivity index (χ0v) is 8.87. The van der Waals surface area contributed by atoms with Crippen molar-refractivity contribution in [2.45, 2.75) is 6.54 Å². The van der Waals surface area contributed by atoms with E-state index in [1.165, 1.54) is 12.3 Å². The van der Waals surface area contributed by atoms with Crippen LogP contribution in [0.5, 0.6) is 0 Å². The summed E-state index contributed by atoms with van der Waals surface area (Å²) in [6, 6.07) is 3.07. The van der Waals surface area contributed by atoms with Crippen LogP contribution in [0.4, 0.5) is 0 Å². The van der Waals surface area contributed by atoms with Crippen LogP contribution in [0.15, 0.2) is 37.1 Å². The topological polar surface area (TPSA) is 68.0 Å². The van der Waals surface area contributed by atoms with Crippen LogP contribution in [0.3, 0.4) is 0 Å². The minimum absolute atomic E-state index is 0.158. The highest BCUT2D eigenvalue weighted by molar-refractivity contribution is 5.87. The van der Waals surface area contributed by atoms with Crippen molar-refractivity contribution in [1.82, 2.24) is 14.5 Å². The standard InChI is InChI=1S/C12H9N3O2/c16-12(17)10-3-4-11(14-8-10)2-1-6-15-7-5-13-9-15/h3-5,7-9H,6H2,(H,16,17). The summed E-state index contributed by atoms with van der Waals surface area (Å²) >= 11 is 0. The number of carboxylic acids is 1. The summed E-state index contributed by atoms with van der Waals surface area (Å²) in [5.74, 6) is 4.77. The average molecular weight is 227 g/mol. The summed E-state index contributed by atoms with van der Waals surface area (Å²) in [5.41, 5.74) is 0.709. The van der Waals surface area contributed by atoms with Gasteiger partial charge >= 0.3 is 5.97 Å².